The van der Waals surface area contributed by atoms with Gasteiger partial charge in [0, 0.05) is 13.8 Å². The number of halogens is 2. The maximum Gasteiger partial charge on any atom is 0.127 e. The van der Waals surface area contributed by atoms with Crippen LogP contribution in [0.15, 0.2) is 18.2 Å². The highest BCUT2D eigenvalue weighted by Crippen LogP contribution is 2.36. The molecule has 0 saturated carbocycles. The van der Waals surface area contributed by atoms with Crippen molar-refractivity contribution in [2.75, 3.05) is 7.11 Å². The average molecular weight is 339 g/mol. The zero-order valence-electron chi connectivity index (χ0n) is 7.51. The molecule has 0 spiro atoms. The van der Waals surface area contributed by atoms with Crippen LogP contribution in [0.3, 0.4) is 0 Å². The molecule has 0 aliphatic carbocycles. The SMILES string of the molecule is COc1ccc(I)c2sc(CCl)cc12. The molecule has 0 bridgehead atoms. The normalized spacial score (nSPS) is 10.8. The summed E-state index contributed by atoms with van der Waals surface area (Å²) in [5.41, 5.74) is 0. The Labute approximate surface area is 105 Å². The van der Waals surface area contributed by atoms with Crippen molar-refractivity contribution >= 4 is 55.6 Å². The summed E-state index contributed by atoms with van der Waals surface area (Å²) in [4.78, 5) is 1.18. The fraction of sp³-hybridized carbons (Fsp3) is 0.200. The monoisotopic (exact) mass is 338 g/mol. The highest BCUT2D eigenvalue weighted by atomic mass is 127. The first-order valence-electron chi connectivity index (χ1n) is 4.07. The van der Waals surface area contributed by atoms with Gasteiger partial charge in [0.05, 0.1) is 17.7 Å². The Morgan fingerprint density at radius 2 is 2.29 bits per heavy atom. The van der Waals surface area contributed by atoms with Crippen LogP contribution in [0.1, 0.15) is 4.88 Å². The second-order valence-electron chi connectivity index (χ2n) is 2.84. The number of benzene rings is 1. The van der Waals surface area contributed by atoms with Crippen molar-refractivity contribution < 1.29 is 4.74 Å². The van der Waals surface area contributed by atoms with Gasteiger partial charge in [-0.15, -0.1) is 22.9 Å². The number of methoxy groups -OCH3 is 1. The van der Waals surface area contributed by atoms with E-state index in [1.165, 1.54) is 18.5 Å². The number of fused-ring (bicyclic) bond motifs is 1. The van der Waals surface area contributed by atoms with Gasteiger partial charge in [0.1, 0.15) is 5.75 Å². The summed E-state index contributed by atoms with van der Waals surface area (Å²) in [6.07, 6.45) is 0. The third kappa shape index (κ3) is 1.73. The van der Waals surface area contributed by atoms with Gasteiger partial charge in [0.15, 0.2) is 0 Å². The van der Waals surface area contributed by atoms with Gasteiger partial charge in [0.25, 0.3) is 0 Å². The van der Waals surface area contributed by atoms with Crippen LogP contribution < -0.4 is 4.74 Å². The Morgan fingerprint density at radius 3 is 2.93 bits per heavy atom. The molecule has 0 saturated heterocycles. The molecule has 14 heavy (non-hydrogen) atoms. The number of hydrogen-bond acceptors (Lipinski definition) is 2. The summed E-state index contributed by atoms with van der Waals surface area (Å²) < 4.78 is 7.81. The number of thiophene rings is 1. The van der Waals surface area contributed by atoms with Gasteiger partial charge < -0.3 is 4.74 Å². The average Bonchev–Trinajstić information content (AvgIpc) is 2.63. The van der Waals surface area contributed by atoms with E-state index in [0.717, 1.165) is 5.75 Å². The maximum atomic E-state index is 5.81. The van der Waals surface area contributed by atoms with Crippen LogP contribution in [0, 0.1) is 3.57 Å². The van der Waals surface area contributed by atoms with Crippen LogP contribution in [0.4, 0.5) is 0 Å². The lowest BCUT2D eigenvalue weighted by atomic mass is 10.2. The van der Waals surface area contributed by atoms with Crippen molar-refractivity contribution in [3.63, 3.8) is 0 Å². The van der Waals surface area contributed by atoms with Crippen LogP contribution in [-0.2, 0) is 5.88 Å². The minimum absolute atomic E-state index is 0.568. The van der Waals surface area contributed by atoms with E-state index in [0.29, 0.717) is 5.88 Å². The van der Waals surface area contributed by atoms with E-state index in [2.05, 4.69) is 34.7 Å². The topological polar surface area (TPSA) is 9.23 Å². The van der Waals surface area contributed by atoms with Crippen molar-refractivity contribution in [3.8, 4) is 5.75 Å². The molecule has 0 radical (unpaired) electrons. The van der Waals surface area contributed by atoms with Crippen LogP contribution in [0.25, 0.3) is 10.1 Å². The van der Waals surface area contributed by atoms with Gasteiger partial charge in [0.2, 0.25) is 0 Å². The fourth-order valence-corrected chi connectivity index (χ4v) is 3.33. The zero-order valence-corrected chi connectivity index (χ0v) is 11.2. The molecule has 0 fully saturated rings. The Bertz CT molecular complexity index is 466. The number of alkyl halides is 1. The first kappa shape index (κ1) is 10.5. The molecule has 0 amide bonds. The summed E-state index contributed by atoms with van der Waals surface area (Å²) >= 11 is 9.88. The molecule has 2 aromatic rings. The summed E-state index contributed by atoms with van der Waals surface area (Å²) in [7, 11) is 1.69. The van der Waals surface area contributed by atoms with Crippen molar-refractivity contribution in [2.45, 2.75) is 5.88 Å². The molecule has 1 aromatic heterocycles. The van der Waals surface area contributed by atoms with Gasteiger partial charge in [-0.2, -0.15) is 0 Å². The summed E-state index contributed by atoms with van der Waals surface area (Å²) in [6, 6.07) is 6.17. The lowest BCUT2D eigenvalue weighted by Gasteiger charge is -2.01. The number of hydrogen-bond donors (Lipinski definition) is 0. The van der Waals surface area contributed by atoms with E-state index >= 15 is 0 Å². The molecule has 1 nitrogen and oxygen atoms in total. The highest BCUT2D eigenvalue weighted by molar-refractivity contribution is 14.1. The zero-order chi connectivity index (χ0) is 10.1. The Balaban J connectivity index is 2.74. The largest absolute Gasteiger partial charge is 0.496 e. The smallest absolute Gasteiger partial charge is 0.127 e. The van der Waals surface area contributed by atoms with Crippen molar-refractivity contribution in [3.05, 3.63) is 26.6 Å². The van der Waals surface area contributed by atoms with Gasteiger partial charge in [-0.25, -0.2) is 0 Å². The van der Waals surface area contributed by atoms with E-state index in [-0.39, 0.29) is 0 Å². The van der Waals surface area contributed by atoms with E-state index in [1.54, 1.807) is 18.4 Å². The third-order valence-electron chi connectivity index (χ3n) is 2.00. The predicted molar refractivity (Wildman–Crippen MR) is 70.7 cm³/mol. The lowest BCUT2D eigenvalue weighted by molar-refractivity contribution is 0.420. The molecule has 74 valence electrons. The molecule has 4 heteroatoms. The fourth-order valence-electron chi connectivity index (χ4n) is 1.36. The lowest BCUT2D eigenvalue weighted by Crippen LogP contribution is -1.83. The Hall–Kier alpha value is -0.000000000000000111. The molecule has 0 atom stereocenters. The van der Waals surface area contributed by atoms with Gasteiger partial charge in [-0.3, -0.25) is 0 Å². The molecule has 2 rings (SSSR count). The van der Waals surface area contributed by atoms with Crippen LogP contribution in [-0.4, -0.2) is 7.11 Å². The van der Waals surface area contributed by atoms with E-state index in [1.807, 2.05) is 6.07 Å². The predicted octanol–water partition coefficient (Wildman–Crippen LogP) is 4.25. The van der Waals surface area contributed by atoms with Gasteiger partial charge >= 0.3 is 0 Å². The quantitative estimate of drug-likeness (QED) is 0.587. The third-order valence-corrected chi connectivity index (χ3v) is 4.88. The van der Waals surface area contributed by atoms with Crippen LogP contribution >= 0.6 is 45.5 Å². The van der Waals surface area contributed by atoms with E-state index in [4.69, 9.17) is 16.3 Å². The molecule has 0 aliphatic heterocycles. The molecular formula is C10H8ClIOS. The summed E-state index contributed by atoms with van der Waals surface area (Å²) in [6.45, 7) is 0. The van der Waals surface area contributed by atoms with Gasteiger partial charge in [-0.05, 0) is 40.8 Å². The van der Waals surface area contributed by atoms with Crippen LogP contribution in [0.5, 0.6) is 5.75 Å². The first-order chi connectivity index (χ1) is 6.76. The highest BCUT2D eigenvalue weighted by Gasteiger charge is 2.08. The summed E-state index contributed by atoms with van der Waals surface area (Å²) in [5.74, 6) is 1.49. The molecule has 0 N–H and O–H groups in total. The maximum absolute atomic E-state index is 5.81. The van der Waals surface area contributed by atoms with Crippen molar-refractivity contribution in [1.29, 1.82) is 0 Å². The van der Waals surface area contributed by atoms with Gasteiger partial charge in [-0.1, -0.05) is 0 Å². The van der Waals surface area contributed by atoms with E-state index in [9.17, 15) is 0 Å². The first-order valence-corrected chi connectivity index (χ1v) is 6.50. The standard InChI is InChI=1S/C10H8ClIOS/c1-13-9-3-2-8(12)10-7(9)4-6(5-11)14-10/h2-4H,5H2,1H3. The summed E-state index contributed by atoms with van der Waals surface area (Å²) in [5, 5.41) is 1.17. The van der Waals surface area contributed by atoms with Crippen molar-refractivity contribution in [1.82, 2.24) is 0 Å². The molecular weight excluding hydrogens is 331 g/mol. The minimum atomic E-state index is 0.568. The molecule has 0 unspecified atom stereocenters. The Morgan fingerprint density at radius 1 is 1.50 bits per heavy atom. The van der Waals surface area contributed by atoms with E-state index < -0.39 is 0 Å². The second-order valence-corrected chi connectivity index (χ2v) is 5.40. The van der Waals surface area contributed by atoms with Crippen molar-refractivity contribution in [2.24, 2.45) is 0 Å². The molecule has 0 aliphatic rings. The number of ether oxygens (including phenoxy) is 1. The molecule has 1 aromatic carbocycles. The second kappa shape index (κ2) is 4.24. The Kier molecular flexibility index (Phi) is 3.19. The minimum Gasteiger partial charge on any atom is -0.496 e. The molecule has 1 heterocycles. The number of rotatable bonds is 2. The van der Waals surface area contributed by atoms with Crippen LogP contribution in [0.2, 0.25) is 0 Å².